The number of anilines is 2. The molecule has 32 heavy (non-hydrogen) atoms. The van der Waals surface area contributed by atoms with Crippen LogP contribution in [0.4, 0.5) is 24.9 Å². The highest BCUT2D eigenvalue weighted by molar-refractivity contribution is 5.99. The quantitative estimate of drug-likeness (QED) is 0.660. The van der Waals surface area contributed by atoms with Crippen molar-refractivity contribution in [3.63, 3.8) is 0 Å². The summed E-state index contributed by atoms with van der Waals surface area (Å²) in [5.74, 6) is -0.319. The Bertz CT molecular complexity index is 1100. The second-order valence-corrected chi connectivity index (χ2v) is 8.49. The number of hydrogen-bond donors (Lipinski definition) is 0. The minimum Gasteiger partial charge on any atom is -0.374 e. The third-order valence-electron chi connectivity index (χ3n) is 6.35. The minimum atomic E-state index is -4.58. The Morgan fingerprint density at radius 1 is 1.31 bits per heavy atom. The average Bonchev–Trinajstić information content (AvgIpc) is 3.37. The lowest BCUT2D eigenvalue weighted by atomic mass is 10.1. The van der Waals surface area contributed by atoms with Gasteiger partial charge in [0.25, 0.3) is 5.56 Å². The second-order valence-electron chi connectivity index (χ2n) is 8.49. The first-order valence-corrected chi connectivity index (χ1v) is 10.5. The predicted molar refractivity (Wildman–Crippen MR) is 109 cm³/mol. The van der Waals surface area contributed by atoms with E-state index in [1.165, 1.54) is 22.9 Å². The van der Waals surface area contributed by atoms with E-state index < -0.39 is 30.1 Å². The molecule has 2 aromatic rings. The Balaban J connectivity index is 1.53. The van der Waals surface area contributed by atoms with Crippen molar-refractivity contribution < 1.29 is 22.7 Å². The van der Waals surface area contributed by atoms with Gasteiger partial charge in [-0.25, -0.2) is 0 Å². The van der Waals surface area contributed by atoms with Crippen molar-refractivity contribution in [2.45, 2.75) is 50.7 Å². The molecular weight excluding hydrogens is 427 g/mol. The first-order chi connectivity index (χ1) is 15.2. The number of morpholine rings is 1. The zero-order valence-electron chi connectivity index (χ0n) is 17.4. The van der Waals surface area contributed by atoms with Gasteiger partial charge in [0, 0.05) is 36.6 Å². The maximum atomic E-state index is 13.9. The molecule has 8 nitrogen and oxygen atoms in total. The Labute approximate surface area is 181 Å². The van der Waals surface area contributed by atoms with E-state index in [9.17, 15) is 22.8 Å². The molecule has 2 aromatic heterocycles. The van der Waals surface area contributed by atoms with Crippen molar-refractivity contribution in [2.24, 2.45) is 0 Å². The average molecular weight is 449 g/mol. The number of halogens is 3. The number of pyridine rings is 1. The van der Waals surface area contributed by atoms with Gasteiger partial charge in [-0.1, -0.05) is 0 Å². The molecule has 3 atom stereocenters. The zero-order chi connectivity index (χ0) is 22.6. The van der Waals surface area contributed by atoms with Crippen LogP contribution in [0.25, 0.3) is 0 Å². The van der Waals surface area contributed by atoms with Crippen LogP contribution in [0.1, 0.15) is 28.9 Å². The lowest BCUT2D eigenvalue weighted by Gasteiger charge is -2.39. The number of ether oxygens (including phenoxy) is 1. The standard InChI is InChI=1S/C21H22F3N5O3/c1-12-2-3-13(8-25-12)16(30)10-29-17(21(22,23)24)4-5-27-19(31)7-18(26-20(27)29)28-9-15-6-14(28)11-32-15/h2-3,7-8,14-15,17H,4-6,9-11H2,1H3/t14-,15-,17-/m0/s1. The fraction of sp³-hybridized carbons (Fsp3) is 0.524. The summed E-state index contributed by atoms with van der Waals surface area (Å²) >= 11 is 0. The summed E-state index contributed by atoms with van der Waals surface area (Å²) in [5, 5.41) is 0. The molecule has 2 fully saturated rings. The van der Waals surface area contributed by atoms with Gasteiger partial charge in [0.1, 0.15) is 11.9 Å². The molecule has 0 radical (unpaired) electrons. The van der Waals surface area contributed by atoms with Crippen LogP contribution in [0, 0.1) is 6.92 Å². The molecule has 0 aliphatic carbocycles. The van der Waals surface area contributed by atoms with Gasteiger partial charge in [-0.2, -0.15) is 18.2 Å². The molecule has 5 heterocycles. The number of nitrogens with zero attached hydrogens (tertiary/aromatic N) is 5. The van der Waals surface area contributed by atoms with Crippen LogP contribution in [0.15, 0.2) is 29.2 Å². The highest BCUT2D eigenvalue weighted by atomic mass is 19.4. The van der Waals surface area contributed by atoms with Crippen LogP contribution in [0.2, 0.25) is 0 Å². The molecular formula is C21H22F3N5O3. The van der Waals surface area contributed by atoms with E-state index in [0.29, 0.717) is 24.7 Å². The predicted octanol–water partition coefficient (Wildman–Crippen LogP) is 1.95. The number of carbonyl (C=O) groups is 1. The molecule has 0 saturated carbocycles. The van der Waals surface area contributed by atoms with E-state index in [1.54, 1.807) is 13.0 Å². The van der Waals surface area contributed by atoms with Crippen molar-refractivity contribution in [3.05, 3.63) is 46.0 Å². The van der Waals surface area contributed by atoms with Gasteiger partial charge in [0.2, 0.25) is 5.95 Å². The summed E-state index contributed by atoms with van der Waals surface area (Å²) in [6.45, 7) is 2.12. The monoisotopic (exact) mass is 449 g/mol. The third-order valence-corrected chi connectivity index (χ3v) is 6.35. The van der Waals surface area contributed by atoms with Crippen LogP contribution < -0.4 is 15.4 Å². The third kappa shape index (κ3) is 3.64. The van der Waals surface area contributed by atoms with Gasteiger partial charge < -0.3 is 14.5 Å². The zero-order valence-corrected chi connectivity index (χ0v) is 17.4. The van der Waals surface area contributed by atoms with Crippen LogP contribution in [-0.4, -0.2) is 64.4 Å². The smallest absolute Gasteiger partial charge is 0.374 e. The second kappa shape index (κ2) is 7.58. The van der Waals surface area contributed by atoms with Crippen LogP contribution in [0.5, 0.6) is 0 Å². The summed E-state index contributed by atoms with van der Waals surface area (Å²) in [6, 6.07) is 2.66. The fourth-order valence-electron chi connectivity index (χ4n) is 4.69. The van der Waals surface area contributed by atoms with Crippen molar-refractivity contribution in [3.8, 4) is 0 Å². The van der Waals surface area contributed by atoms with E-state index in [0.717, 1.165) is 11.3 Å². The maximum Gasteiger partial charge on any atom is 0.408 e. The van der Waals surface area contributed by atoms with E-state index in [1.807, 2.05) is 4.90 Å². The van der Waals surface area contributed by atoms with Gasteiger partial charge in [0.05, 0.1) is 25.3 Å². The summed E-state index contributed by atoms with van der Waals surface area (Å²) in [6.07, 6.45) is -2.73. The van der Waals surface area contributed by atoms with Gasteiger partial charge in [-0.05, 0) is 31.9 Å². The first-order valence-electron chi connectivity index (χ1n) is 10.5. The van der Waals surface area contributed by atoms with Crippen LogP contribution in [0.3, 0.4) is 0 Å². The van der Waals surface area contributed by atoms with E-state index in [2.05, 4.69) is 9.97 Å². The summed E-state index contributed by atoms with van der Waals surface area (Å²) in [5.41, 5.74) is 0.477. The van der Waals surface area contributed by atoms with E-state index in [4.69, 9.17) is 4.74 Å². The van der Waals surface area contributed by atoms with Gasteiger partial charge in [-0.15, -0.1) is 0 Å². The number of aromatic nitrogens is 3. The highest BCUT2D eigenvalue weighted by Crippen LogP contribution is 2.36. The fourth-order valence-corrected chi connectivity index (χ4v) is 4.69. The summed E-state index contributed by atoms with van der Waals surface area (Å²) in [7, 11) is 0. The Kier molecular flexibility index (Phi) is 4.95. The maximum absolute atomic E-state index is 13.9. The molecule has 3 aliphatic heterocycles. The lowest BCUT2D eigenvalue weighted by molar-refractivity contribution is -0.152. The minimum absolute atomic E-state index is 0.0372. The normalized spacial score (nSPS) is 24.7. The number of Topliss-reactive ketones (excluding diaryl/α,β-unsaturated/α-hetero) is 1. The highest BCUT2D eigenvalue weighted by Gasteiger charge is 2.48. The Morgan fingerprint density at radius 3 is 2.75 bits per heavy atom. The van der Waals surface area contributed by atoms with Gasteiger partial charge in [-0.3, -0.25) is 19.1 Å². The van der Waals surface area contributed by atoms with Crippen molar-refractivity contribution in [2.75, 3.05) is 29.5 Å². The van der Waals surface area contributed by atoms with E-state index in [-0.39, 0.29) is 36.6 Å². The molecule has 11 heteroatoms. The van der Waals surface area contributed by atoms with Crippen LogP contribution in [-0.2, 0) is 11.3 Å². The number of rotatable bonds is 4. The number of ketones is 1. The number of fused-ring (bicyclic) bond motifs is 3. The first kappa shape index (κ1) is 20.9. The van der Waals surface area contributed by atoms with Gasteiger partial charge in [0.15, 0.2) is 5.78 Å². The van der Waals surface area contributed by atoms with Gasteiger partial charge >= 0.3 is 6.18 Å². The number of aryl methyl sites for hydroxylation is 1. The largest absolute Gasteiger partial charge is 0.408 e. The Hall–Kier alpha value is -2.95. The van der Waals surface area contributed by atoms with Crippen LogP contribution >= 0.6 is 0 Å². The molecule has 0 unspecified atom stereocenters. The topological polar surface area (TPSA) is 80.6 Å². The van der Waals surface area contributed by atoms with Crippen molar-refractivity contribution in [1.82, 2.24) is 14.5 Å². The lowest BCUT2D eigenvalue weighted by Crippen LogP contribution is -2.54. The molecule has 0 amide bonds. The van der Waals surface area contributed by atoms with Crippen molar-refractivity contribution in [1.29, 1.82) is 0 Å². The molecule has 2 bridgehead atoms. The molecule has 2 saturated heterocycles. The summed E-state index contributed by atoms with van der Waals surface area (Å²) in [4.78, 5) is 37.0. The molecule has 3 aliphatic rings. The molecule has 0 aromatic carbocycles. The number of hydrogen-bond acceptors (Lipinski definition) is 7. The van der Waals surface area contributed by atoms with Crippen molar-refractivity contribution >= 4 is 17.5 Å². The Morgan fingerprint density at radius 2 is 2.12 bits per heavy atom. The molecule has 0 spiro atoms. The molecule has 5 rings (SSSR count). The number of alkyl halides is 3. The number of carbonyl (C=O) groups excluding carboxylic acids is 1. The van der Waals surface area contributed by atoms with E-state index >= 15 is 0 Å². The molecule has 170 valence electrons. The SMILES string of the molecule is Cc1ccc(C(=O)CN2c3nc(N4C[C@@H]5C[C@H]4CO5)cc(=O)n3CC[C@H]2C(F)(F)F)cn1. The molecule has 0 N–H and O–H groups in total. The summed E-state index contributed by atoms with van der Waals surface area (Å²) < 4.78 is 48.5.